The molecule has 0 aromatic carbocycles. The summed E-state index contributed by atoms with van der Waals surface area (Å²) >= 11 is 0. The predicted molar refractivity (Wildman–Crippen MR) is 278 cm³/mol. The molecule has 0 aliphatic carbocycles. The number of unbranched alkanes of at least 4 members (excludes halogenated alkanes) is 13. The number of carboxylic acids is 1. The minimum atomic E-state index is -1.63. The van der Waals surface area contributed by atoms with Gasteiger partial charge in [-0.15, -0.1) is 0 Å². The summed E-state index contributed by atoms with van der Waals surface area (Å²) in [7, 11) is 5.89. The van der Waals surface area contributed by atoms with Crippen molar-refractivity contribution in [3.63, 3.8) is 0 Å². The minimum absolute atomic E-state index is 0.141. The third-order valence-electron chi connectivity index (χ3n) is 10.5. The Morgan fingerprint density at radius 2 is 0.851 bits per heavy atom. The van der Waals surface area contributed by atoms with Gasteiger partial charge in [0.15, 0.2) is 12.4 Å². The van der Waals surface area contributed by atoms with Crippen LogP contribution in [0.15, 0.2) is 109 Å². The Bertz CT molecular complexity index is 1460. The first-order valence-electron chi connectivity index (χ1n) is 26.0. The van der Waals surface area contributed by atoms with Crippen LogP contribution in [0.2, 0.25) is 0 Å². The monoisotopic (exact) mass is 934 g/mol. The molecule has 0 aromatic heterocycles. The van der Waals surface area contributed by atoms with Crippen LogP contribution in [0.3, 0.4) is 0 Å². The van der Waals surface area contributed by atoms with Gasteiger partial charge in [-0.25, -0.2) is 0 Å². The number of likely N-dealkylation sites (N-methyl/N-ethyl adjacent to an activating group) is 1. The second-order valence-corrected chi connectivity index (χ2v) is 18.1. The average Bonchev–Trinajstić information content (AvgIpc) is 3.29. The molecule has 0 radical (unpaired) electrons. The minimum Gasteiger partial charge on any atom is -0.545 e. The van der Waals surface area contributed by atoms with E-state index in [0.29, 0.717) is 17.4 Å². The zero-order chi connectivity index (χ0) is 49.2. The van der Waals surface area contributed by atoms with Crippen LogP contribution in [0.25, 0.3) is 0 Å². The van der Waals surface area contributed by atoms with Crippen LogP contribution in [0.4, 0.5) is 0 Å². The van der Waals surface area contributed by atoms with E-state index in [1.807, 2.05) is 21.1 Å². The third-order valence-corrected chi connectivity index (χ3v) is 10.5. The number of ether oxygens (including phenoxy) is 4. The summed E-state index contributed by atoms with van der Waals surface area (Å²) in [5, 5.41) is 11.7. The summed E-state index contributed by atoms with van der Waals surface area (Å²) in [6.07, 6.45) is 63.0. The van der Waals surface area contributed by atoms with Crippen LogP contribution in [-0.4, -0.2) is 82.3 Å². The Morgan fingerprint density at radius 1 is 0.463 bits per heavy atom. The molecule has 9 heteroatoms. The quantitative estimate of drug-likeness (QED) is 0.0195. The van der Waals surface area contributed by atoms with Crippen molar-refractivity contribution in [3.05, 3.63) is 109 Å². The largest absolute Gasteiger partial charge is 0.545 e. The average molecular weight is 934 g/mol. The number of carboxylic acid groups (broad SMARTS) is 1. The smallest absolute Gasteiger partial charge is 0.306 e. The molecule has 0 rings (SSSR count). The van der Waals surface area contributed by atoms with Crippen molar-refractivity contribution in [2.24, 2.45) is 0 Å². The fourth-order valence-corrected chi connectivity index (χ4v) is 6.53. The molecule has 0 aliphatic rings. The van der Waals surface area contributed by atoms with Gasteiger partial charge in [-0.05, 0) is 83.5 Å². The fourth-order valence-electron chi connectivity index (χ4n) is 6.53. The number of aliphatic carboxylic acids is 1. The van der Waals surface area contributed by atoms with Crippen molar-refractivity contribution in [1.29, 1.82) is 0 Å². The molecule has 0 aliphatic heterocycles. The second kappa shape index (κ2) is 48.4. The molecule has 67 heavy (non-hydrogen) atoms. The highest BCUT2D eigenvalue weighted by Crippen LogP contribution is 2.13. The summed E-state index contributed by atoms with van der Waals surface area (Å²) in [5.41, 5.74) is 0. The van der Waals surface area contributed by atoms with Gasteiger partial charge in [0.05, 0.1) is 40.3 Å². The molecule has 2 unspecified atom stereocenters. The van der Waals surface area contributed by atoms with Crippen molar-refractivity contribution in [2.45, 2.75) is 193 Å². The summed E-state index contributed by atoms with van der Waals surface area (Å²) in [4.78, 5) is 36.9. The van der Waals surface area contributed by atoms with Crippen LogP contribution in [-0.2, 0) is 33.3 Å². The molecule has 0 heterocycles. The van der Waals surface area contributed by atoms with Crippen LogP contribution >= 0.6 is 0 Å². The molecule has 0 aromatic rings. The molecule has 0 bridgehead atoms. The van der Waals surface area contributed by atoms with E-state index in [9.17, 15) is 19.5 Å². The predicted octanol–water partition coefficient (Wildman–Crippen LogP) is 13.4. The Balaban J connectivity index is 4.16. The summed E-state index contributed by atoms with van der Waals surface area (Å²) in [5.74, 6) is -2.32. The molecular formula is C58H95NO8. The number of hydrogen-bond acceptors (Lipinski definition) is 8. The summed E-state index contributed by atoms with van der Waals surface area (Å²) in [6.45, 7) is 4.54. The normalized spacial score (nSPS) is 13.7. The first kappa shape index (κ1) is 63.0. The van der Waals surface area contributed by atoms with Crippen LogP contribution in [0, 0.1) is 0 Å². The zero-order valence-corrected chi connectivity index (χ0v) is 43.0. The maximum atomic E-state index is 12.8. The van der Waals surface area contributed by atoms with Gasteiger partial charge >= 0.3 is 11.9 Å². The standard InChI is InChI=1S/C58H95NO8/c1-6-8-10-12-14-15-16-17-18-19-20-21-22-23-24-25-26-27-28-29-30-31-32-33-34-35-36-37-38-39-40-41-43-45-47-49-56(61)67-54(52-65-55(60)48-46-44-42-13-11-9-7-2)53-66-58(57(62)63)64-51-50-59(3,4)5/h8,10,14-15,17-18,20-21,23-24,26-27,29-30,32-33,35-36,54,58H,6-7,9,11-13,16,19,22,25,28,31,34,37-53H2,1-5H3/b10-8-,15-14-,18-17-,21-20-,24-23-,27-26-,30-29-,33-32-,36-35-. The molecule has 0 saturated carbocycles. The van der Waals surface area contributed by atoms with Crippen LogP contribution in [0.5, 0.6) is 0 Å². The molecule has 9 nitrogen and oxygen atoms in total. The number of nitrogens with zero attached hydrogens (tertiary/aromatic N) is 1. The maximum Gasteiger partial charge on any atom is 0.306 e. The second-order valence-electron chi connectivity index (χ2n) is 18.1. The molecule has 0 saturated heterocycles. The Labute approximate surface area is 409 Å². The van der Waals surface area contributed by atoms with Crippen molar-refractivity contribution in [1.82, 2.24) is 0 Å². The van der Waals surface area contributed by atoms with Crippen molar-refractivity contribution in [2.75, 3.05) is 47.5 Å². The third kappa shape index (κ3) is 49.7. The fraction of sp³-hybridized carbons (Fsp3) is 0.638. The lowest BCUT2D eigenvalue weighted by Gasteiger charge is -2.26. The van der Waals surface area contributed by atoms with E-state index in [0.717, 1.165) is 103 Å². The van der Waals surface area contributed by atoms with Crippen molar-refractivity contribution < 1.29 is 42.9 Å². The first-order chi connectivity index (χ1) is 32.6. The van der Waals surface area contributed by atoms with E-state index in [4.69, 9.17) is 18.9 Å². The Hall–Kier alpha value is -4.05. The maximum absolute atomic E-state index is 12.8. The van der Waals surface area contributed by atoms with Crippen LogP contribution in [0.1, 0.15) is 181 Å². The van der Waals surface area contributed by atoms with E-state index in [2.05, 4.69) is 123 Å². The van der Waals surface area contributed by atoms with Gasteiger partial charge in [0.1, 0.15) is 13.2 Å². The number of quaternary nitrogens is 1. The summed E-state index contributed by atoms with van der Waals surface area (Å²) in [6, 6.07) is 0. The lowest BCUT2D eigenvalue weighted by Crippen LogP contribution is -2.44. The number of hydrogen-bond donors (Lipinski definition) is 0. The number of rotatable bonds is 46. The van der Waals surface area contributed by atoms with Crippen molar-refractivity contribution >= 4 is 17.9 Å². The summed E-state index contributed by atoms with van der Waals surface area (Å²) < 4.78 is 22.5. The molecule has 0 amide bonds. The van der Waals surface area contributed by atoms with Gasteiger partial charge in [-0.3, -0.25) is 9.59 Å². The van der Waals surface area contributed by atoms with Crippen molar-refractivity contribution in [3.8, 4) is 0 Å². The highest BCUT2D eigenvalue weighted by Gasteiger charge is 2.21. The Morgan fingerprint density at radius 3 is 1.27 bits per heavy atom. The topological polar surface area (TPSA) is 111 Å². The molecule has 0 fully saturated rings. The lowest BCUT2D eigenvalue weighted by atomic mass is 10.1. The zero-order valence-electron chi connectivity index (χ0n) is 43.0. The highest BCUT2D eigenvalue weighted by molar-refractivity contribution is 5.70. The highest BCUT2D eigenvalue weighted by atomic mass is 16.7. The van der Waals surface area contributed by atoms with E-state index < -0.39 is 24.3 Å². The Kier molecular flexibility index (Phi) is 45.5. The SMILES string of the molecule is CC/C=C\C/C=C\C/C=C\C/C=C\C/C=C\C/C=C\C/C=C\C/C=C\C/C=C\CCCCCCCCCC(=O)OC(COC(=O)CCCCCCCCC)COC(OCC[N+](C)(C)C)C(=O)[O-]. The van der Waals surface area contributed by atoms with Gasteiger partial charge in [0, 0.05) is 12.8 Å². The lowest BCUT2D eigenvalue weighted by molar-refractivity contribution is -0.870. The molecule has 0 N–H and O–H groups in total. The van der Waals surface area contributed by atoms with Gasteiger partial charge in [0.25, 0.3) is 0 Å². The molecule has 2 atom stereocenters. The van der Waals surface area contributed by atoms with Gasteiger partial charge in [-0.2, -0.15) is 0 Å². The van der Waals surface area contributed by atoms with E-state index >= 15 is 0 Å². The van der Waals surface area contributed by atoms with Gasteiger partial charge in [0.2, 0.25) is 0 Å². The van der Waals surface area contributed by atoms with Crippen LogP contribution < -0.4 is 5.11 Å². The number of allylic oxidation sites excluding steroid dienone is 18. The molecular weight excluding hydrogens is 839 g/mol. The van der Waals surface area contributed by atoms with E-state index in [1.165, 1.54) is 44.9 Å². The molecule has 0 spiro atoms. The molecule has 380 valence electrons. The number of carbonyl (C=O) groups excluding carboxylic acids is 3. The number of carbonyl (C=O) groups is 3. The van der Waals surface area contributed by atoms with E-state index in [1.54, 1.807) is 0 Å². The van der Waals surface area contributed by atoms with E-state index in [-0.39, 0.29) is 38.6 Å². The number of esters is 2. The van der Waals surface area contributed by atoms with Gasteiger partial charge < -0.3 is 33.3 Å². The first-order valence-corrected chi connectivity index (χ1v) is 26.0. The van der Waals surface area contributed by atoms with Gasteiger partial charge in [-0.1, -0.05) is 194 Å².